The van der Waals surface area contributed by atoms with Gasteiger partial charge in [-0.1, -0.05) is 67.4 Å². The molecule has 0 spiro atoms. The van der Waals surface area contributed by atoms with E-state index in [1.807, 2.05) is 45.0 Å². The molecule has 0 aliphatic carbocycles. The first kappa shape index (κ1) is 26.9. The second kappa shape index (κ2) is 12.3. The lowest BCUT2D eigenvalue weighted by molar-refractivity contribution is 0.0907. The van der Waals surface area contributed by atoms with Crippen LogP contribution in [0.5, 0.6) is 5.75 Å². The van der Waals surface area contributed by atoms with Crippen LogP contribution in [0.25, 0.3) is 0 Å². The largest absolute Gasteiger partial charge is 0.485 e. The maximum absolute atomic E-state index is 12.3. The highest BCUT2D eigenvalue weighted by Crippen LogP contribution is 2.20. The molecule has 0 saturated heterocycles. The van der Waals surface area contributed by atoms with E-state index in [1.54, 1.807) is 12.1 Å². The second-order valence-corrected chi connectivity index (χ2v) is 10.4. The molecule has 0 fully saturated rings. The lowest BCUT2D eigenvalue weighted by Crippen LogP contribution is -2.25. The summed E-state index contributed by atoms with van der Waals surface area (Å²) < 4.78 is 41.9. The Morgan fingerprint density at radius 1 is 0.971 bits per heavy atom. The van der Waals surface area contributed by atoms with Gasteiger partial charge in [0.25, 0.3) is 15.7 Å². The summed E-state index contributed by atoms with van der Waals surface area (Å²) >= 11 is 6.16. The van der Waals surface area contributed by atoms with Gasteiger partial charge in [0.2, 0.25) is 0 Å². The Hall–Kier alpha value is -2.72. The van der Waals surface area contributed by atoms with Crippen LogP contribution in [0.1, 0.15) is 30.5 Å². The molecule has 10 heteroatoms. The minimum atomic E-state index is -3.80. The maximum atomic E-state index is 12.3. The molecule has 0 unspecified atom stereocenters. The van der Waals surface area contributed by atoms with Crippen molar-refractivity contribution >= 4 is 21.7 Å². The van der Waals surface area contributed by atoms with E-state index in [1.165, 1.54) is 23.0 Å². The highest BCUT2D eigenvalue weighted by molar-refractivity contribution is 7.86. The molecule has 1 heterocycles. The number of aryl methyl sites for hydroxylation is 1. The van der Waals surface area contributed by atoms with Gasteiger partial charge in [0.1, 0.15) is 6.61 Å². The summed E-state index contributed by atoms with van der Waals surface area (Å²) in [4.78, 5) is 12.4. The fourth-order valence-corrected chi connectivity index (χ4v) is 4.18. The minimum absolute atomic E-state index is 0.0114. The van der Waals surface area contributed by atoms with Crippen LogP contribution < -0.4 is 10.3 Å². The van der Waals surface area contributed by atoms with Crippen molar-refractivity contribution in [3.8, 4) is 5.75 Å². The van der Waals surface area contributed by atoms with Crippen molar-refractivity contribution in [2.24, 2.45) is 5.92 Å². The summed E-state index contributed by atoms with van der Waals surface area (Å²) in [6.07, 6.45) is 1.45. The van der Waals surface area contributed by atoms with E-state index < -0.39 is 10.1 Å². The van der Waals surface area contributed by atoms with Crippen LogP contribution in [-0.4, -0.2) is 31.4 Å². The highest BCUT2D eigenvalue weighted by atomic mass is 35.5. The molecule has 0 radical (unpaired) electrons. The van der Waals surface area contributed by atoms with Gasteiger partial charge in [-0.25, -0.2) is 4.68 Å². The molecule has 0 aliphatic heterocycles. The Bertz CT molecular complexity index is 1270. The quantitative estimate of drug-likeness (QED) is 0.258. The summed E-state index contributed by atoms with van der Waals surface area (Å²) in [5.74, 6) is 0.509. The van der Waals surface area contributed by atoms with Crippen molar-refractivity contribution < 1.29 is 22.1 Å². The van der Waals surface area contributed by atoms with Crippen molar-refractivity contribution in [2.75, 3.05) is 13.2 Å². The van der Waals surface area contributed by atoms with Crippen LogP contribution in [0, 0.1) is 12.8 Å². The van der Waals surface area contributed by atoms with Gasteiger partial charge in [0.15, 0.2) is 10.8 Å². The minimum Gasteiger partial charge on any atom is -0.485 e. The number of ether oxygens (including phenoxy) is 2. The van der Waals surface area contributed by atoms with Gasteiger partial charge in [-0.3, -0.25) is 8.98 Å². The third kappa shape index (κ3) is 7.90. The van der Waals surface area contributed by atoms with E-state index in [2.05, 4.69) is 5.10 Å². The average Bonchev–Trinajstić information content (AvgIpc) is 2.82. The molecular weight excluding hydrogens is 492 g/mol. The van der Waals surface area contributed by atoms with Crippen LogP contribution in [0.2, 0.25) is 5.02 Å². The zero-order chi connectivity index (χ0) is 25.4. The lowest BCUT2D eigenvalue weighted by atomic mass is 10.1. The smallest absolute Gasteiger partial charge is 0.297 e. The average molecular weight is 521 g/mol. The first-order chi connectivity index (χ1) is 16.7. The van der Waals surface area contributed by atoms with Gasteiger partial charge < -0.3 is 9.47 Å². The number of aromatic nitrogens is 2. The SMILES string of the molecule is Cc1ccc(S(=O)(=O)OCCOCc2ccc(COc3cnn(CC(C)C)c(=O)c3Cl)cc2)cc1. The molecule has 3 rings (SSSR count). The second-order valence-electron chi connectivity index (χ2n) is 8.45. The van der Waals surface area contributed by atoms with Crippen molar-refractivity contribution in [1.82, 2.24) is 9.78 Å². The zero-order valence-electron chi connectivity index (χ0n) is 19.9. The molecule has 2 aromatic carbocycles. The first-order valence-corrected chi connectivity index (χ1v) is 12.9. The Balaban J connectivity index is 1.43. The molecular formula is C25H29ClN2O6S. The fourth-order valence-electron chi connectivity index (χ4n) is 3.08. The van der Waals surface area contributed by atoms with E-state index in [-0.39, 0.29) is 47.0 Å². The van der Waals surface area contributed by atoms with E-state index in [0.29, 0.717) is 13.2 Å². The van der Waals surface area contributed by atoms with E-state index in [9.17, 15) is 13.2 Å². The molecule has 8 nitrogen and oxygen atoms in total. The lowest BCUT2D eigenvalue weighted by Gasteiger charge is -2.11. The van der Waals surface area contributed by atoms with Gasteiger partial charge >= 0.3 is 0 Å². The van der Waals surface area contributed by atoms with E-state index >= 15 is 0 Å². The van der Waals surface area contributed by atoms with Gasteiger partial charge in [0, 0.05) is 6.54 Å². The zero-order valence-corrected chi connectivity index (χ0v) is 21.5. The summed E-state index contributed by atoms with van der Waals surface area (Å²) in [7, 11) is -3.80. The maximum Gasteiger partial charge on any atom is 0.297 e. The molecule has 0 N–H and O–H groups in total. The van der Waals surface area contributed by atoms with Crippen LogP contribution in [0.4, 0.5) is 0 Å². The van der Waals surface area contributed by atoms with Crippen molar-refractivity contribution in [2.45, 2.75) is 45.4 Å². The van der Waals surface area contributed by atoms with Crippen LogP contribution in [0.3, 0.4) is 0 Å². The monoisotopic (exact) mass is 520 g/mol. The van der Waals surface area contributed by atoms with Crippen molar-refractivity contribution in [3.63, 3.8) is 0 Å². The Morgan fingerprint density at radius 2 is 1.60 bits per heavy atom. The Labute approximate surface area is 210 Å². The van der Waals surface area contributed by atoms with E-state index in [0.717, 1.165) is 16.7 Å². The summed E-state index contributed by atoms with van der Waals surface area (Å²) in [6.45, 7) is 6.93. The normalized spacial score (nSPS) is 11.7. The van der Waals surface area contributed by atoms with Crippen molar-refractivity contribution in [1.29, 1.82) is 0 Å². The number of hydrogen-bond donors (Lipinski definition) is 0. The molecule has 3 aromatic rings. The predicted octanol–water partition coefficient (Wildman–Crippen LogP) is 4.36. The molecule has 0 bridgehead atoms. The summed E-state index contributed by atoms with van der Waals surface area (Å²) in [5.41, 5.74) is 2.38. The number of benzene rings is 2. The molecule has 0 saturated carbocycles. The van der Waals surface area contributed by atoms with Crippen LogP contribution in [0.15, 0.2) is 64.4 Å². The molecule has 1 aromatic heterocycles. The molecule has 0 amide bonds. The molecule has 188 valence electrons. The summed E-state index contributed by atoms with van der Waals surface area (Å²) in [6, 6.07) is 14.0. The van der Waals surface area contributed by atoms with Crippen LogP contribution >= 0.6 is 11.6 Å². The number of halogens is 1. The number of rotatable bonds is 12. The standard InChI is InChI=1S/C25H29ClN2O6S/c1-18(2)15-28-25(29)24(26)23(14-27-28)33-17-21-8-6-20(7-9-21)16-32-12-13-34-35(30,31)22-10-4-19(3)5-11-22/h4-11,14,18H,12-13,15-17H2,1-3H3. The van der Waals surface area contributed by atoms with Gasteiger partial charge in [-0.15, -0.1) is 0 Å². The van der Waals surface area contributed by atoms with E-state index in [4.69, 9.17) is 25.3 Å². The molecule has 0 aliphatic rings. The van der Waals surface area contributed by atoms with Crippen molar-refractivity contribution in [3.05, 3.63) is 86.8 Å². The van der Waals surface area contributed by atoms with Gasteiger partial charge in [-0.2, -0.15) is 13.5 Å². The molecule has 35 heavy (non-hydrogen) atoms. The number of hydrogen-bond acceptors (Lipinski definition) is 7. The van der Waals surface area contributed by atoms with Gasteiger partial charge in [-0.05, 0) is 36.1 Å². The third-order valence-electron chi connectivity index (χ3n) is 4.95. The topological polar surface area (TPSA) is 96.7 Å². The number of nitrogens with zero attached hydrogens (tertiary/aromatic N) is 2. The first-order valence-electron chi connectivity index (χ1n) is 11.2. The Kier molecular flexibility index (Phi) is 9.45. The van der Waals surface area contributed by atoms with Gasteiger partial charge in [0.05, 0.1) is 30.9 Å². The third-order valence-corrected chi connectivity index (χ3v) is 6.63. The Morgan fingerprint density at radius 3 is 2.23 bits per heavy atom. The summed E-state index contributed by atoms with van der Waals surface area (Å²) in [5, 5.41) is 4.13. The highest BCUT2D eigenvalue weighted by Gasteiger charge is 2.14. The molecule has 0 atom stereocenters. The fraction of sp³-hybridized carbons (Fsp3) is 0.360. The van der Waals surface area contributed by atoms with Crippen LogP contribution in [-0.2, 0) is 38.8 Å². The predicted molar refractivity (Wildman–Crippen MR) is 133 cm³/mol.